The van der Waals surface area contributed by atoms with Gasteiger partial charge in [-0.3, -0.25) is 0 Å². The topological polar surface area (TPSA) is 66.2 Å². The van der Waals surface area contributed by atoms with Gasteiger partial charge < -0.3 is 9.47 Å². The summed E-state index contributed by atoms with van der Waals surface area (Å²) in [6.07, 6.45) is 1.94. The van der Waals surface area contributed by atoms with Crippen LogP contribution in [0.4, 0.5) is 0 Å². The molecule has 0 atom stereocenters. The first-order valence-corrected chi connectivity index (χ1v) is 9.63. The molecule has 0 unspecified atom stereocenters. The lowest BCUT2D eigenvalue weighted by atomic mass is 10.2. The number of para-hydroxylation sites is 1. The largest absolute Gasteiger partial charge is 0.482 e. The predicted molar refractivity (Wildman–Crippen MR) is 104 cm³/mol. The molecule has 0 radical (unpaired) electrons. The van der Waals surface area contributed by atoms with Crippen LogP contribution in [-0.2, 0) is 15.3 Å². The lowest BCUT2D eigenvalue weighted by Crippen LogP contribution is -2.14. The van der Waals surface area contributed by atoms with Crippen LogP contribution in [0.25, 0.3) is 5.69 Å². The van der Waals surface area contributed by atoms with Crippen molar-refractivity contribution < 1.29 is 14.3 Å². The number of benzene rings is 2. The fourth-order valence-corrected chi connectivity index (χ4v) is 3.31. The van der Waals surface area contributed by atoms with Crippen molar-refractivity contribution in [1.82, 2.24) is 15.0 Å². The minimum absolute atomic E-state index is 0.0796. The van der Waals surface area contributed by atoms with E-state index in [9.17, 15) is 4.79 Å². The number of hydrogen-bond donors (Lipinski definition) is 0. The van der Waals surface area contributed by atoms with Crippen LogP contribution in [-0.4, -0.2) is 34.2 Å². The van der Waals surface area contributed by atoms with Gasteiger partial charge in [0, 0.05) is 10.6 Å². The van der Waals surface area contributed by atoms with E-state index in [1.807, 2.05) is 61.7 Å². The van der Waals surface area contributed by atoms with Gasteiger partial charge >= 0.3 is 5.97 Å². The first-order valence-electron chi connectivity index (χ1n) is 8.64. The maximum absolute atomic E-state index is 11.4. The van der Waals surface area contributed by atoms with Gasteiger partial charge in [-0.05, 0) is 49.7 Å². The van der Waals surface area contributed by atoms with E-state index in [-0.39, 0.29) is 12.6 Å². The minimum Gasteiger partial charge on any atom is -0.482 e. The summed E-state index contributed by atoms with van der Waals surface area (Å²) in [4.78, 5) is 12.5. The fourth-order valence-electron chi connectivity index (χ4n) is 2.44. The van der Waals surface area contributed by atoms with Gasteiger partial charge in [0.2, 0.25) is 0 Å². The summed E-state index contributed by atoms with van der Waals surface area (Å²) >= 11 is 1.67. The van der Waals surface area contributed by atoms with E-state index in [1.54, 1.807) is 23.4 Å². The van der Waals surface area contributed by atoms with Crippen LogP contribution in [0.1, 0.15) is 18.2 Å². The van der Waals surface area contributed by atoms with Crippen LogP contribution in [0.2, 0.25) is 0 Å². The zero-order chi connectivity index (χ0) is 19.1. The molecular formula is C20H21N3O3S. The summed E-state index contributed by atoms with van der Waals surface area (Å²) < 4.78 is 12.1. The molecule has 3 aromatic rings. The number of carbonyl (C=O) groups excluding carboxylic acids is 1. The smallest absolute Gasteiger partial charge is 0.344 e. The Hall–Kier alpha value is -2.80. The van der Waals surface area contributed by atoms with Gasteiger partial charge in [0.15, 0.2) is 6.61 Å². The highest BCUT2D eigenvalue weighted by molar-refractivity contribution is 7.98. The molecule has 0 aliphatic rings. The third-order valence-electron chi connectivity index (χ3n) is 3.75. The van der Waals surface area contributed by atoms with Crippen LogP contribution in [0, 0.1) is 6.92 Å². The van der Waals surface area contributed by atoms with E-state index >= 15 is 0 Å². The normalized spacial score (nSPS) is 10.6. The SMILES string of the molecule is CCOC(=O)COc1ccc(SCc2cn(-c3ccccc3)nn2)cc1C. The molecule has 2 aromatic carbocycles. The third kappa shape index (κ3) is 5.34. The van der Waals surface area contributed by atoms with Crippen LogP contribution in [0.5, 0.6) is 5.75 Å². The summed E-state index contributed by atoms with van der Waals surface area (Å²) in [5, 5.41) is 8.41. The van der Waals surface area contributed by atoms with Gasteiger partial charge in [-0.2, -0.15) is 0 Å². The van der Waals surface area contributed by atoms with E-state index in [0.717, 1.165) is 27.6 Å². The fraction of sp³-hybridized carbons (Fsp3) is 0.250. The summed E-state index contributed by atoms with van der Waals surface area (Å²) in [7, 11) is 0. The lowest BCUT2D eigenvalue weighted by molar-refractivity contribution is -0.145. The zero-order valence-corrected chi connectivity index (χ0v) is 16.1. The molecule has 140 valence electrons. The Labute approximate surface area is 162 Å². The quantitative estimate of drug-likeness (QED) is 0.435. The molecule has 0 saturated carbocycles. The monoisotopic (exact) mass is 383 g/mol. The standard InChI is InChI=1S/C20H21N3O3S/c1-3-25-20(24)13-26-19-10-9-18(11-15(19)2)27-14-16-12-23(22-21-16)17-7-5-4-6-8-17/h4-12H,3,13-14H2,1-2H3. The zero-order valence-electron chi connectivity index (χ0n) is 15.3. The summed E-state index contributed by atoms with van der Waals surface area (Å²) in [5.41, 5.74) is 2.86. The Morgan fingerprint density at radius 1 is 1.19 bits per heavy atom. The molecule has 0 aliphatic carbocycles. The molecule has 0 amide bonds. The van der Waals surface area contributed by atoms with E-state index in [4.69, 9.17) is 9.47 Å². The van der Waals surface area contributed by atoms with Crippen LogP contribution in [0.3, 0.4) is 0 Å². The van der Waals surface area contributed by atoms with E-state index in [1.165, 1.54) is 0 Å². The summed E-state index contributed by atoms with van der Waals surface area (Å²) in [5.74, 6) is 1.04. The molecule has 3 rings (SSSR count). The number of esters is 1. The highest BCUT2D eigenvalue weighted by atomic mass is 32.2. The van der Waals surface area contributed by atoms with Gasteiger partial charge in [-0.1, -0.05) is 23.4 Å². The number of carbonyl (C=O) groups is 1. The molecule has 27 heavy (non-hydrogen) atoms. The first kappa shape index (κ1) is 19.0. The number of ether oxygens (including phenoxy) is 2. The Morgan fingerprint density at radius 2 is 2.00 bits per heavy atom. The van der Waals surface area contributed by atoms with E-state index < -0.39 is 0 Å². The number of nitrogens with zero attached hydrogens (tertiary/aromatic N) is 3. The van der Waals surface area contributed by atoms with Crippen molar-refractivity contribution in [2.45, 2.75) is 24.5 Å². The number of rotatable bonds is 8. The lowest BCUT2D eigenvalue weighted by Gasteiger charge is -2.10. The van der Waals surface area contributed by atoms with Gasteiger partial charge in [0.25, 0.3) is 0 Å². The minimum atomic E-state index is -0.364. The van der Waals surface area contributed by atoms with Crippen LogP contribution < -0.4 is 4.74 Å². The Balaban J connectivity index is 1.56. The molecule has 0 fully saturated rings. The van der Waals surface area contributed by atoms with Crippen molar-refractivity contribution in [3.63, 3.8) is 0 Å². The Morgan fingerprint density at radius 3 is 2.74 bits per heavy atom. The molecule has 0 aliphatic heterocycles. The second kappa shape index (κ2) is 9.23. The van der Waals surface area contributed by atoms with Crippen molar-refractivity contribution in [1.29, 1.82) is 0 Å². The first-order chi connectivity index (χ1) is 13.2. The highest BCUT2D eigenvalue weighted by Gasteiger charge is 2.08. The van der Waals surface area contributed by atoms with Crippen molar-refractivity contribution in [3.8, 4) is 11.4 Å². The van der Waals surface area contributed by atoms with Gasteiger partial charge in [-0.25, -0.2) is 9.48 Å². The second-order valence-electron chi connectivity index (χ2n) is 5.80. The molecule has 0 N–H and O–H groups in total. The number of hydrogen-bond acceptors (Lipinski definition) is 6. The third-order valence-corrected chi connectivity index (χ3v) is 4.77. The number of thioether (sulfide) groups is 1. The van der Waals surface area contributed by atoms with Crippen molar-refractivity contribution in [2.24, 2.45) is 0 Å². The Bertz CT molecular complexity index is 896. The predicted octanol–water partition coefficient (Wildman–Crippen LogP) is 3.81. The van der Waals surface area contributed by atoms with Crippen LogP contribution >= 0.6 is 11.8 Å². The van der Waals surface area contributed by atoms with Crippen molar-refractivity contribution in [2.75, 3.05) is 13.2 Å². The maximum Gasteiger partial charge on any atom is 0.344 e. The highest BCUT2D eigenvalue weighted by Crippen LogP contribution is 2.27. The molecule has 1 aromatic heterocycles. The van der Waals surface area contributed by atoms with Gasteiger partial charge in [0.1, 0.15) is 5.75 Å². The molecular weight excluding hydrogens is 362 g/mol. The van der Waals surface area contributed by atoms with Crippen molar-refractivity contribution >= 4 is 17.7 Å². The van der Waals surface area contributed by atoms with E-state index in [2.05, 4.69) is 10.3 Å². The van der Waals surface area contributed by atoms with Gasteiger partial charge in [-0.15, -0.1) is 16.9 Å². The maximum atomic E-state index is 11.4. The molecule has 0 saturated heterocycles. The number of aromatic nitrogens is 3. The summed E-state index contributed by atoms with van der Waals surface area (Å²) in [6, 6.07) is 15.8. The van der Waals surface area contributed by atoms with E-state index in [0.29, 0.717) is 12.4 Å². The molecule has 0 spiro atoms. The number of aryl methyl sites for hydroxylation is 1. The molecule has 6 nitrogen and oxygen atoms in total. The molecule has 1 heterocycles. The van der Waals surface area contributed by atoms with Gasteiger partial charge in [0.05, 0.1) is 24.2 Å². The second-order valence-corrected chi connectivity index (χ2v) is 6.85. The molecule has 0 bridgehead atoms. The van der Waals surface area contributed by atoms with Crippen LogP contribution in [0.15, 0.2) is 59.6 Å². The molecule has 7 heteroatoms. The average molecular weight is 383 g/mol. The average Bonchev–Trinajstić information content (AvgIpc) is 3.16. The Kier molecular flexibility index (Phi) is 6.49. The van der Waals surface area contributed by atoms with Crippen molar-refractivity contribution in [3.05, 3.63) is 66.0 Å². The summed E-state index contributed by atoms with van der Waals surface area (Å²) in [6.45, 7) is 4.00.